The van der Waals surface area contributed by atoms with Crippen LogP contribution in [-0.4, -0.2) is 9.55 Å². The fourth-order valence-corrected chi connectivity index (χ4v) is 3.17. The van der Waals surface area contributed by atoms with E-state index in [1.54, 1.807) is 0 Å². The third kappa shape index (κ3) is 3.06. The van der Waals surface area contributed by atoms with Gasteiger partial charge in [-0.25, -0.2) is 4.98 Å². The van der Waals surface area contributed by atoms with E-state index in [2.05, 4.69) is 53.1 Å². The van der Waals surface area contributed by atoms with Crippen LogP contribution in [0.5, 0.6) is 0 Å². The molecule has 0 saturated heterocycles. The van der Waals surface area contributed by atoms with E-state index in [-0.39, 0.29) is 0 Å². The molecule has 24 heavy (non-hydrogen) atoms. The van der Waals surface area contributed by atoms with Crippen molar-refractivity contribution in [1.82, 2.24) is 9.55 Å². The lowest BCUT2D eigenvalue weighted by Gasteiger charge is -2.10. The van der Waals surface area contributed by atoms with Crippen molar-refractivity contribution in [2.24, 2.45) is 0 Å². The number of hydrogen-bond donors (Lipinski definition) is 0. The molecule has 1 aromatic heterocycles. The molecule has 0 atom stereocenters. The first-order chi connectivity index (χ1) is 11.8. The van der Waals surface area contributed by atoms with Gasteiger partial charge in [0.15, 0.2) is 0 Å². The zero-order chi connectivity index (χ0) is 16.4. The van der Waals surface area contributed by atoms with Crippen LogP contribution >= 0.6 is 11.6 Å². The van der Waals surface area contributed by atoms with E-state index in [1.807, 2.05) is 30.3 Å². The smallest absolute Gasteiger partial charge is 0.114 e. The summed E-state index contributed by atoms with van der Waals surface area (Å²) in [7, 11) is 0. The number of fused-ring (bicyclic) bond motifs is 1. The summed E-state index contributed by atoms with van der Waals surface area (Å²) in [4.78, 5) is 4.85. The van der Waals surface area contributed by atoms with Crippen molar-refractivity contribution in [3.8, 4) is 0 Å². The SMILES string of the molecule is Clc1ccc2nc(Cc3ccccc3)n(Cc3ccccc3)c2c1. The van der Waals surface area contributed by atoms with E-state index < -0.39 is 0 Å². The molecule has 3 aromatic carbocycles. The van der Waals surface area contributed by atoms with Gasteiger partial charge in [-0.2, -0.15) is 0 Å². The molecule has 0 fully saturated rings. The number of aromatic nitrogens is 2. The lowest BCUT2D eigenvalue weighted by molar-refractivity contribution is 0.762. The third-order valence-electron chi connectivity index (χ3n) is 4.18. The van der Waals surface area contributed by atoms with Crippen molar-refractivity contribution < 1.29 is 0 Å². The van der Waals surface area contributed by atoms with Gasteiger partial charge < -0.3 is 4.57 Å². The maximum atomic E-state index is 6.22. The Morgan fingerprint density at radius 3 is 2.17 bits per heavy atom. The first-order valence-electron chi connectivity index (χ1n) is 8.02. The Kier molecular flexibility index (Phi) is 4.06. The van der Waals surface area contributed by atoms with Gasteiger partial charge in [-0.1, -0.05) is 72.3 Å². The van der Waals surface area contributed by atoms with Crippen molar-refractivity contribution in [2.75, 3.05) is 0 Å². The maximum Gasteiger partial charge on any atom is 0.114 e. The van der Waals surface area contributed by atoms with Gasteiger partial charge in [0.25, 0.3) is 0 Å². The number of rotatable bonds is 4. The number of benzene rings is 3. The Hall–Kier alpha value is -2.58. The topological polar surface area (TPSA) is 17.8 Å². The van der Waals surface area contributed by atoms with Gasteiger partial charge in [0.1, 0.15) is 5.82 Å². The van der Waals surface area contributed by atoms with Crippen LogP contribution in [0.2, 0.25) is 5.02 Å². The van der Waals surface area contributed by atoms with Crippen LogP contribution in [0.3, 0.4) is 0 Å². The van der Waals surface area contributed by atoms with Crippen LogP contribution in [0.15, 0.2) is 78.9 Å². The Bertz CT molecular complexity index is 959. The molecule has 3 heteroatoms. The molecular formula is C21H17ClN2. The second-order valence-corrected chi connectivity index (χ2v) is 6.33. The van der Waals surface area contributed by atoms with Crippen LogP contribution < -0.4 is 0 Å². The second kappa shape index (κ2) is 6.50. The summed E-state index contributed by atoms with van der Waals surface area (Å²) in [6.07, 6.45) is 0.806. The van der Waals surface area contributed by atoms with Gasteiger partial charge in [-0.15, -0.1) is 0 Å². The van der Waals surface area contributed by atoms with E-state index in [0.29, 0.717) is 0 Å². The number of halogens is 1. The minimum absolute atomic E-state index is 0.739. The first-order valence-corrected chi connectivity index (χ1v) is 8.40. The highest BCUT2D eigenvalue weighted by atomic mass is 35.5. The lowest BCUT2D eigenvalue weighted by Crippen LogP contribution is -2.06. The summed E-state index contributed by atoms with van der Waals surface area (Å²) in [5.74, 6) is 1.06. The molecular weight excluding hydrogens is 316 g/mol. The largest absolute Gasteiger partial charge is 0.323 e. The van der Waals surface area contributed by atoms with Gasteiger partial charge in [0.2, 0.25) is 0 Å². The highest BCUT2D eigenvalue weighted by Crippen LogP contribution is 2.23. The van der Waals surface area contributed by atoms with Gasteiger partial charge in [-0.3, -0.25) is 0 Å². The van der Waals surface area contributed by atoms with E-state index >= 15 is 0 Å². The Balaban J connectivity index is 1.81. The number of nitrogens with zero attached hydrogens (tertiary/aromatic N) is 2. The average molecular weight is 333 g/mol. The minimum atomic E-state index is 0.739. The summed E-state index contributed by atoms with van der Waals surface area (Å²) in [5, 5.41) is 0.739. The van der Waals surface area contributed by atoms with Crippen LogP contribution in [-0.2, 0) is 13.0 Å². The molecule has 118 valence electrons. The molecule has 2 nitrogen and oxygen atoms in total. The van der Waals surface area contributed by atoms with Gasteiger partial charge >= 0.3 is 0 Å². The zero-order valence-electron chi connectivity index (χ0n) is 13.2. The summed E-state index contributed by atoms with van der Waals surface area (Å²) >= 11 is 6.22. The summed E-state index contributed by atoms with van der Waals surface area (Å²) in [6, 6.07) is 26.8. The van der Waals surface area contributed by atoms with E-state index in [4.69, 9.17) is 16.6 Å². The molecule has 0 spiro atoms. The maximum absolute atomic E-state index is 6.22. The minimum Gasteiger partial charge on any atom is -0.323 e. The molecule has 0 amide bonds. The Morgan fingerprint density at radius 2 is 1.46 bits per heavy atom. The normalized spacial score (nSPS) is 11.0. The molecule has 4 rings (SSSR count). The number of hydrogen-bond acceptors (Lipinski definition) is 1. The molecule has 0 radical (unpaired) electrons. The van der Waals surface area contributed by atoms with E-state index in [0.717, 1.165) is 34.8 Å². The van der Waals surface area contributed by atoms with Crippen molar-refractivity contribution in [3.63, 3.8) is 0 Å². The Morgan fingerprint density at radius 1 is 0.792 bits per heavy atom. The third-order valence-corrected chi connectivity index (χ3v) is 4.41. The van der Waals surface area contributed by atoms with Crippen molar-refractivity contribution in [2.45, 2.75) is 13.0 Å². The molecule has 0 unspecified atom stereocenters. The molecule has 0 aliphatic heterocycles. The quantitative estimate of drug-likeness (QED) is 0.494. The average Bonchev–Trinajstić information content (AvgIpc) is 2.94. The lowest BCUT2D eigenvalue weighted by atomic mass is 10.1. The van der Waals surface area contributed by atoms with Crippen LogP contribution in [0.1, 0.15) is 17.0 Å². The van der Waals surface area contributed by atoms with Crippen LogP contribution in [0.4, 0.5) is 0 Å². The van der Waals surface area contributed by atoms with Gasteiger partial charge in [0, 0.05) is 18.0 Å². The molecule has 0 bridgehead atoms. The monoisotopic (exact) mass is 332 g/mol. The molecule has 0 aliphatic carbocycles. The number of imidazole rings is 1. The van der Waals surface area contributed by atoms with E-state index in [9.17, 15) is 0 Å². The fourth-order valence-electron chi connectivity index (χ4n) is 3.00. The second-order valence-electron chi connectivity index (χ2n) is 5.90. The van der Waals surface area contributed by atoms with Crippen LogP contribution in [0, 0.1) is 0 Å². The van der Waals surface area contributed by atoms with Crippen molar-refractivity contribution in [1.29, 1.82) is 0 Å². The molecule has 1 heterocycles. The molecule has 0 saturated carbocycles. The predicted octanol–water partition coefficient (Wildman–Crippen LogP) is 5.33. The van der Waals surface area contributed by atoms with Crippen molar-refractivity contribution >= 4 is 22.6 Å². The summed E-state index contributed by atoms with van der Waals surface area (Å²) in [6.45, 7) is 0.792. The fraction of sp³-hybridized carbons (Fsp3) is 0.0952. The van der Waals surface area contributed by atoms with Crippen molar-refractivity contribution in [3.05, 3.63) is 101 Å². The van der Waals surface area contributed by atoms with Crippen LogP contribution in [0.25, 0.3) is 11.0 Å². The van der Waals surface area contributed by atoms with Gasteiger partial charge in [-0.05, 0) is 29.3 Å². The molecule has 4 aromatic rings. The summed E-state index contributed by atoms with van der Waals surface area (Å²) < 4.78 is 2.27. The molecule has 0 aliphatic rings. The highest BCUT2D eigenvalue weighted by Gasteiger charge is 2.12. The standard InChI is InChI=1S/C21H17ClN2/c22-18-11-12-19-20(14-18)24(15-17-9-5-2-6-10-17)21(23-19)13-16-7-3-1-4-8-16/h1-12,14H,13,15H2. The van der Waals surface area contributed by atoms with E-state index in [1.165, 1.54) is 11.1 Å². The molecule has 0 N–H and O–H groups in total. The zero-order valence-corrected chi connectivity index (χ0v) is 13.9. The van der Waals surface area contributed by atoms with Gasteiger partial charge in [0.05, 0.1) is 11.0 Å². The predicted molar refractivity (Wildman–Crippen MR) is 99.5 cm³/mol. The first kappa shape index (κ1) is 15.0. The Labute approximate surface area is 146 Å². The highest BCUT2D eigenvalue weighted by molar-refractivity contribution is 6.31. The summed E-state index contributed by atoms with van der Waals surface area (Å²) in [5.41, 5.74) is 4.58.